The second kappa shape index (κ2) is 8.43. The van der Waals surface area contributed by atoms with Crippen LogP contribution in [0.3, 0.4) is 0 Å². The molecular formula is C27H24N4O3. The first-order valence-corrected chi connectivity index (χ1v) is 11.5. The summed E-state index contributed by atoms with van der Waals surface area (Å²) in [6, 6.07) is 14.1. The molecule has 2 aliphatic rings. The second-order valence-electron chi connectivity index (χ2n) is 8.73. The van der Waals surface area contributed by atoms with E-state index in [0.29, 0.717) is 39.3 Å². The molecule has 0 aliphatic carbocycles. The number of morpholine rings is 1. The molecule has 0 atom stereocenters. The molecule has 2 aromatic heterocycles. The number of amides is 2. The first-order valence-electron chi connectivity index (χ1n) is 11.5. The maximum absolute atomic E-state index is 12.6. The van der Waals surface area contributed by atoms with E-state index >= 15 is 0 Å². The van der Waals surface area contributed by atoms with Crippen LogP contribution in [-0.4, -0.2) is 53.0 Å². The molecule has 0 bridgehead atoms. The van der Waals surface area contributed by atoms with Gasteiger partial charge >= 0.3 is 0 Å². The van der Waals surface area contributed by atoms with Crippen LogP contribution < -0.4 is 5.32 Å². The Hall–Kier alpha value is -3.97. The number of pyridine rings is 1. The van der Waals surface area contributed by atoms with Gasteiger partial charge in [-0.05, 0) is 23.3 Å². The molecule has 2 N–H and O–H groups in total. The molecule has 7 nitrogen and oxygen atoms in total. The molecule has 1 fully saturated rings. The van der Waals surface area contributed by atoms with Gasteiger partial charge in [-0.1, -0.05) is 42.5 Å². The largest absolute Gasteiger partial charge is 0.378 e. The lowest BCUT2D eigenvalue weighted by atomic mass is 10.0. The Morgan fingerprint density at radius 1 is 1.09 bits per heavy atom. The van der Waals surface area contributed by atoms with E-state index < -0.39 is 0 Å². The predicted octanol–water partition coefficient (Wildman–Crippen LogP) is 3.53. The van der Waals surface area contributed by atoms with E-state index in [2.05, 4.69) is 15.3 Å². The van der Waals surface area contributed by atoms with E-state index in [0.717, 1.165) is 49.8 Å². The molecule has 4 aromatic rings. The number of fused-ring (bicyclic) bond motifs is 5. The van der Waals surface area contributed by atoms with Gasteiger partial charge in [0.2, 0.25) is 5.91 Å². The average Bonchev–Trinajstić information content (AvgIpc) is 3.43. The lowest BCUT2D eigenvalue weighted by Crippen LogP contribution is -2.41. The molecule has 0 saturated carbocycles. The highest BCUT2D eigenvalue weighted by molar-refractivity contribution is 6.16. The van der Waals surface area contributed by atoms with Crippen LogP contribution in [0.2, 0.25) is 0 Å². The normalized spacial score (nSPS) is 15.9. The van der Waals surface area contributed by atoms with Crippen LogP contribution in [0.5, 0.6) is 0 Å². The molecule has 2 amide bonds. The first-order chi connectivity index (χ1) is 16.7. The zero-order valence-electron chi connectivity index (χ0n) is 18.6. The molecule has 0 unspecified atom stereocenters. The van der Waals surface area contributed by atoms with Crippen molar-refractivity contribution in [3.8, 4) is 0 Å². The minimum Gasteiger partial charge on any atom is -0.378 e. The molecule has 1 saturated heterocycles. The van der Waals surface area contributed by atoms with Gasteiger partial charge in [0.1, 0.15) is 0 Å². The van der Waals surface area contributed by atoms with E-state index in [9.17, 15) is 9.59 Å². The fourth-order valence-electron chi connectivity index (χ4n) is 4.78. The van der Waals surface area contributed by atoms with E-state index in [1.54, 1.807) is 0 Å². The van der Waals surface area contributed by atoms with Crippen molar-refractivity contribution in [3.05, 3.63) is 76.7 Å². The fourth-order valence-corrected chi connectivity index (χ4v) is 4.78. The SMILES string of the molecule is O=C1NCc2[nH]c3c(ccc4cnc(/C=C/c5cccc(CC(=O)N6CCOCC6)c5)cc43)c21. The van der Waals surface area contributed by atoms with Crippen LogP contribution >= 0.6 is 0 Å². The number of carbonyl (C=O) groups excluding carboxylic acids is 2. The van der Waals surface area contributed by atoms with E-state index in [1.165, 1.54) is 0 Å². The Morgan fingerprint density at radius 2 is 1.97 bits per heavy atom. The Labute approximate surface area is 196 Å². The number of nitrogens with zero attached hydrogens (tertiary/aromatic N) is 2. The molecule has 0 spiro atoms. The molecule has 170 valence electrons. The molecule has 6 rings (SSSR count). The molecule has 2 aliphatic heterocycles. The van der Waals surface area contributed by atoms with Crippen molar-refractivity contribution in [3.63, 3.8) is 0 Å². The number of carbonyl (C=O) groups is 2. The van der Waals surface area contributed by atoms with Crippen molar-refractivity contribution in [1.29, 1.82) is 0 Å². The summed E-state index contributed by atoms with van der Waals surface area (Å²) in [6.45, 7) is 3.07. The zero-order chi connectivity index (χ0) is 23.1. The third-order valence-corrected chi connectivity index (χ3v) is 6.54. The van der Waals surface area contributed by atoms with Crippen molar-refractivity contribution >= 4 is 45.6 Å². The van der Waals surface area contributed by atoms with Crippen LogP contribution in [0.1, 0.15) is 32.9 Å². The van der Waals surface area contributed by atoms with Gasteiger partial charge in [0.05, 0.1) is 43.0 Å². The van der Waals surface area contributed by atoms with Gasteiger partial charge in [0, 0.05) is 41.1 Å². The maximum atomic E-state index is 12.6. The second-order valence-corrected chi connectivity index (χ2v) is 8.73. The Bertz CT molecular complexity index is 1460. The molecular weight excluding hydrogens is 428 g/mol. The number of rotatable bonds is 4. The van der Waals surface area contributed by atoms with Gasteiger partial charge in [-0.15, -0.1) is 0 Å². The fraction of sp³-hybridized carbons (Fsp3) is 0.222. The highest BCUT2D eigenvalue weighted by Gasteiger charge is 2.24. The molecule has 4 heterocycles. The monoisotopic (exact) mass is 452 g/mol. The van der Waals surface area contributed by atoms with Crippen LogP contribution in [0.4, 0.5) is 0 Å². The minimum absolute atomic E-state index is 0.0261. The van der Waals surface area contributed by atoms with Crippen LogP contribution in [0.15, 0.2) is 48.7 Å². The number of benzene rings is 2. The van der Waals surface area contributed by atoms with Crippen molar-refractivity contribution in [2.24, 2.45) is 0 Å². The summed E-state index contributed by atoms with van der Waals surface area (Å²) in [6.07, 6.45) is 6.24. The standard InChI is InChI=1S/C27H24N4O3/c32-24(31-8-10-34-11-9-31)13-18-3-1-2-17(12-18)4-6-20-14-22-19(15-28-20)5-7-21-25-23(30-26(21)22)16-29-27(25)33/h1-7,12,14-15,30H,8-11,13,16H2,(H,29,33)/b6-4+. The molecule has 7 heteroatoms. The first kappa shape index (κ1) is 20.6. The summed E-state index contributed by atoms with van der Waals surface area (Å²) in [5, 5.41) is 5.87. The lowest BCUT2D eigenvalue weighted by molar-refractivity contribution is -0.134. The molecule has 2 aromatic carbocycles. The summed E-state index contributed by atoms with van der Waals surface area (Å²) < 4.78 is 5.34. The molecule has 34 heavy (non-hydrogen) atoms. The lowest BCUT2D eigenvalue weighted by Gasteiger charge is -2.26. The summed E-state index contributed by atoms with van der Waals surface area (Å²) >= 11 is 0. The van der Waals surface area contributed by atoms with E-state index in [1.807, 2.05) is 65.7 Å². The van der Waals surface area contributed by atoms with Gasteiger partial charge in [0.15, 0.2) is 0 Å². The van der Waals surface area contributed by atoms with Gasteiger partial charge in [0.25, 0.3) is 5.91 Å². The summed E-state index contributed by atoms with van der Waals surface area (Å²) in [5.41, 5.74) is 5.49. The number of hydrogen-bond acceptors (Lipinski definition) is 4. The Kier molecular flexibility index (Phi) is 5.11. The van der Waals surface area contributed by atoms with Crippen molar-refractivity contribution < 1.29 is 14.3 Å². The number of hydrogen-bond donors (Lipinski definition) is 2. The number of H-pyrrole nitrogens is 1. The number of aromatic amines is 1. The number of aromatic nitrogens is 2. The zero-order valence-corrected chi connectivity index (χ0v) is 18.6. The van der Waals surface area contributed by atoms with E-state index in [4.69, 9.17) is 4.74 Å². The third kappa shape index (κ3) is 3.74. The number of ether oxygens (including phenoxy) is 1. The quantitative estimate of drug-likeness (QED) is 0.496. The van der Waals surface area contributed by atoms with Crippen LogP contribution in [0.25, 0.3) is 33.8 Å². The van der Waals surface area contributed by atoms with Gasteiger partial charge < -0.3 is 19.9 Å². The predicted molar refractivity (Wildman–Crippen MR) is 131 cm³/mol. The van der Waals surface area contributed by atoms with Gasteiger partial charge in [-0.2, -0.15) is 0 Å². The third-order valence-electron chi connectivity index (χ3n) is 6.54. The van der Waals surface area contributed by atoms with Gasteiger partial charge in [-0.25, -0.2) is 0 Å². The van der Waals surface area contributed by atoms with E-state index in [-0.39, 0.29) is 11.8 Å². The van der Waals surface area contributed by atoms with Crippen molar-refractivity contribution in [1.82, 2.24) is 20.2 Å². The minimum atomic E-state index is -0.0261. The summed E-state index contributed by atoms with van der Waals surface area (Å²) in [4.78, 5) is 34.7. The highest BCUT2D eigenvalue weighted by atomic mass is 16.5. The van der Waals surface area contributed by atoms with Crippen LogP contribution in [-0.2, 0) is 22.5 Å². The molecule has 0 radical (unpaired) electrons. The Morgan fingerprint density at radius 3 is 2.85 bits per heavy atom. The van der Waals surface area contributed by atoms with Crippen LogP contribution in [0, 0.1) is 0 Å². The maximum Gasteiger partial charge on any atom is 0.254 e. The average molecular weight is 453 g/mol. The summed E-state index contributed by atoms with van der Waals surface area (Å²) in [7, 11) is 0. The summed E-state index contributed by atoms with van der Waals surface area (Å²) in [5.74, 6) is 0.109. The van der Waals surface area contributed by atoms with Crippen molar-refractivity contribution in [2.45, 2.75) is 13.0 Å². The number of nitrogens with one attached hydrogen (secondary N) is 2. The van der Waals surface area contributed by atoms with Gasteiger partial charge in [-0.3, -0.25) is 14.6 Å². The topological polar surface area (TPSA) is 87.3 Å². The highest BCUT2D eigenvalue weighted by Crippen LogP contribution is 2.31. The Balaban J connectivity index is 1.26. The van der Waals surface area contributed by atoms with Crippen molar-refractivity contribution in [2.75, 3.05) is 26.3 Å². The smallest absolute Gasteiger partial charge is 0.254 e.